The van der Waals surface area contributed by atoms with E-state index in [2.05, 4.69) is 4.74 Å². The Morgan fingerprint density at radius 3 is 2.50 bits per heavy atom. The van der Waals surface area contributed by atoms with E-state index < -0.39 is 6.61 Å². The second-order valence-electron chi connectivity index (χ2n) is 3.73. The summed E-state index contributed by atoms with van der Waals surface area (Å²) in [4.78, 5) is 0. The SMILES string of the molecule is CCc1cc(OC(F)F)cc(C(C)CO)c1. The van der Waals surface area contributed by atoms with Gasteiger partial charge in [-0.2, -0.15) is 8.78 Å². The van der Waals surface area contributed by atoms with Crippen LogP contribution in [0.25, 0.3) is 0 Å². The number of aliphatic hydroxyl groups excluding tert-OH is 1. The molecule has 16 heavy (non-hydrogen) atoms. The molecule has 1 aromatic rings. The second kappa shape index (κ2) is 5.80. The largest absolute Gasteiger partial charge is 0.435 e. The normalized spacial score (nSPS) is 12.9. The molecule has 1 unspecified atom stereocenters. The van der Waals surface area contributed by atoms with E-state index in [1.807, 2.05) is 19.9 Å². The summed E-state index contributed by atoms with van der Waals surface area (Å²) >= 11 is 0. The first-order chi connectivity index (χ1) is 7.56. The topological polar surface area (TPSA) is 29.5 Å². The van der Waals surface area contributed by atoms with Crippen LogP contribution in [0.4, 0.5) is 8.78 Å². The fraction of sp³-hybridized carbons (Fsp3) is 0.500. The van der Waals surface area contributed by atoms with Crippen molar-refractivity contribution >= 4 is 0 Å². The van der Waals surface area contributed by atoms with Crippen LogP contribution in [0.15, 0.2) is 18.2 Å². The van der Waals surface area contributed by atoms with Gasteiger partial charge in [-0.15, -0.1) is 0 Å². The summed E-state index contributed by atoms with van der Waals surface area (Å²) in [6.45, 7) is 0.946. The van der Waals surface area contributed by atoms with Crippen LogP contribution in [-0.2, 0) is 6.42 Å². The van der Waals surface area contributed by atoms with Gasteiger partial charge in [0.2, 0.25) is 0 Å². The van der Waals surface area contributed by atoms with Crippen molar-refractivity contribution < 1.29 is 18.6 Å². The molecular formula is C12H16F2O2. The number of halogens is 2. The molecule has 2 nitrogen and oxygen atoms in total. The zero-order valence-electron chi connectivity index (χ0n) is 9.41. The van der Waals surface area contributed by atoms with Gasteiger partial charge in [-0.05, 0) is 29.7 Å². The molecule has 0 amide bonds. The lowest BCUT2D eigenvalue weighted by molar-refractivity contribution is -0.0499. The number of benzene rings is 1. The summed E-state index contributed by atoms with van der Waals surface area (Å²) in [5.41, 5.74) is 1.74. The minimum Gasteiger partial charge on any atom is -0.435 e. The van der Waals surface area contributed by atoms with Gasteiger partial charge in [0, 0.05) is 12.5 Å². The molecule has 4 heteroatoms. The Morgan fingerprint density at radius 1 is 1.31 bits per heavy atom. The lowest BCUT2D eigenvalue weighted by Gasteiger charge is -2.13. The van der Waals surface area contributed by atoms with Gasteiger partial charge in [-0.25, -0.2) is 0 Å². The van der Waals surface area contributed by atoms with E-state index in [4.69, 9.17) is 5.11 Å². The standard InChI is InChI=1S/C12H16F2O2/c1-3-9-4-10(8(2)7-15)6-11(5-9)16-12(13)14/h4-6,8,12,15H,3,7H2,1-2H3. The third kappa shape index (κ3) is 3.45. The fourth-order valence-electron chi connectivity index (χ4n) is 1.45. The Hall–Kier alpha value is -1.16. The van der Waals surface area contributed by atoms with Gasteiger partial charge >= 0.3 is 6.61 Å². The highest BCUT2D eigenvalue weighted by atomic mass is 19.3. The lowest BCUT2D eigenvalue weighted by atomic mass is 9.98. The molecule has 0 aliphatic carbocycles. The summed E-state index contributed by atoms with van der Waals surface area (Å²) in [5, 5.41) is 9.04. The van der Waals surface area contributed by atoms with Gasteiger partial charge in [0.05, 0.1) is 0 Å². The van der Waals surface area contributed by atoms with Crippen molar-refractivity contribution in [3.63, 3.8) is 0 Å². The molecule has 0 radical (unpaired) electrons. The molecule has 0 heterocycles. The smallest absolute Gasteiger partial charge is 0.387 e. The quantitative estimate of drug-likeness (QED) is 0.842. The average molecular weight is 230 g/mol. The Morgan fingerprint density at radius 2 is 2.00 bits per heavy atom. The minimum absolute atomic E-state index is 0.0126. The first-order valence-electron chi connectivity index (χ1n) is 5.26. The number of alkyl halides is 2. The molecule has 0 saturated heterocycles. The Kier molecular flexibility index (Phi) is 4.68. The van der Waals surface area contributed by atoms with E-state index in [1.54, 1.807) is 12.1 Å². The molecule has 1 atom stereocenters. The Labute approximate surface area is 93.9 Å². The summed E-state index contributed by atoms with van der Waals surface area (Å²) < 4.78 is 28.6. The van der Waals surface area contributed by atoms with Crippen LogP contribution in [0.3, 0.4) is 0 Å². The maximum atomic E-state index is 12.1. The molecular weight excluding hydrogens is 214 g/mol. The van der Waals surface area contributed by atoms with E-state index in [-0.39, 0.29) is 18.3 Å². The van der Waals surface area contributed by atoms with Crippen molar-refractivity contribution in [2.45, 2.75) is 32.8 Å². The van der Waals surface area contributed by atoms with Gasteiger partial charge in [0.25, 0.3) is 0 Å². The molecule has 0 spiro atoms. The van der Waals surface area contributed by atoms with E-state index >= 15 is 0 Å². The molecule has 1 N–H and O–H groups in total. The maximum Gasteiger partial charge on any atom is 0.387 e. The molecule has 1 aromatic carbocycles. The maximum absolute atomic E-state index is 12.1. The monoisotopic (exact) mass is 230 g/mol. The third-order valence-corrected chi connectivity index (χ3v) is 2.46. The molecule has 0 aliphatic rings. The van der Waals surface area contributed by atoms with Crippen molar-refractivity contribution in [3.05, 3.63) is 29.3 Å². The molecule has 90 valence electrons. The number of aliphatic hydroxyl groups is 1. The summed E-state index contributed by atoms with van der Waals surface area (Å²) in [6.07, 6.45) is 0.742. The van der Waals surface area contributed by atoms with Crippen LogP contribution >= 0.6 is 0 Å². The summed E-state index contributed by atoms with van der Waals surface area (Å²) in [7, 11) is 0. The Bertz CT molecular complexity index is 340. The zero-order valence-corrected chi connectivity index (χ0v) is 9.41. The molecule has 0 fully saturated rings. The van der Waals surface area contributed by atoms with Crippen LogP contribution in [0, 0.1) is 0 Å². The molecule has 0 aliphatic heterocycles. The van der Waals surface area contributed by atoms with Crippen LogP contribution in [0.2, 0.25) is 0 Å². The zero-order chi connectivity index (χ0) is 12.1. The van der Waals surface area contributed by atoms with Crippen molar-refractivity contribution in [2.24, 2.45) is 0 Å². The van der Waals surface area contributed by atoms with Gasteiger partial charge in [0.1, 0.15) is 5.75 Å². The van der Waals surface area contributed by atoms with Gasteiger partial charge in [-0.3, -0.25) is 0 Å². The highest BCUT2D eigenvalue weighted by molar-refractivity contribution is 5.36. The number of ether oxygens (including phenoxy) is 1. The highest BCUT2D eigenvalue weighted by Gasteiger charge is 2.10. The fourth-order valence-corrected chi connectivity index (χ4v) is 1.45. The number of aryl methyl sites for hydroxylation is 1. The van der Waals surface area contributed by atoms with Gasteiger partial charge < -0.3 is 9.84 Å². The van der Waals surface area contributed by atoms with E-state index in [9.17, 15) is 8.78 Å². The predicted octanol–water partition coefficient (Wildman–Crippen LogP) is 2.95. The minimum atomic E-state index is -2.82. The van der Waals surface area contributed by atoms with Crippen LogP contribution in [-0.4, -0.2) is 18.3 Å². The van der Waals surface area contributed by atoms with Crippen molar-refractivity contribution in [3.8, 4) is 5.75 Å². The van der Waals surface area contributed by atoms with E-state index in [1.165, 1.54) is 0 Å². The molecule has 1 rings (SSSR count). The number of hydrogen-bond acceptors (Lipinski definition) is 2. The predicted molar refractivity (Wildman–Crippen MR) is 58.0 cm³/mol. The Balaban J connectivity index is 3.00. The van der Waals surface area contributed by atoms with Crippen LogP contribution in [0.1, 0.15) is 30.9 Å². The first kappa shape index (κ1) is 12.9. The van der Waals surface area contributed by atoms with Crippen LogP contribution in [0.5, 0.6) is 5.75 Å². The van der Waals surface area contributed by atoms with Crippen molar-refractivity contribution in [1.29, 1.82) is 0 Å². The molecule has 0 bridgehead atoms. The highest BCUT2D eigenvalue weighted by Crippen LogP contribution is 2.24. The third-order valence-electron chi connectivity index (χ3n) is 2.46. The molecule has 0 aromatic heterocycles. The lowest BCUT2D eigenvalue weighted by Crippen LogP contribution is -2.05. The molecule has 0 saturated carbocycles. The number of rotatable bonds is 5. The van der Waals surface area contributed by atoms with Gasteiger partial charge in [0.15, 0.2) is 0 Å². The van der Waals surface area contributed by atoms with Gasteiger partial charge in [-0.1, -0.05) is 19.9 Å². The van der Waals surface area contributed by atoms with E-state index in [0.717, 1.165) is 17.5 Å². The van der Waals surface area contributed by atoms with E-state index in [0.29, 0.717) is 0 Å². The average Bonchev–Trinajstić information content (AvgIpc) is 2.26. The summed E-state index contributed by atoms with van der Waals surface area (Å²) in [6, 6.07) is 5.05. The number of hydrogen-bond donors (Lipinski definition) is 1. The first-order valence-corrected chi connectivity index (χ1v) is 5.26. The second-order valence-corrected chi connectivity index (χ2v) is 3.73. The van der Waals surface area contributed by atoms with Crippen molar-refractivity contribution in [2.75, 3.05) is 6.61 Å². The van der Waals surface area contributed by atoms with Crippen molar-refractivity contribution in [1.82, 2.24) is 0 Å². The summed E-state index contributed by atoms with van der Waals surface area (Å²) in [5.74, 6) is 0.0798. The van der Waals surface area contributed by atoms with Crippen LogP contribution < -0.4 is 4.74 Å².